The molecule has 0 unspecified atom stereocenters. The molecule has 0 N–H and O–H groups in total. The quantitative estimate of drug-likeness (QED) is 0.183. The topological polar surface area (TPSA) is 42.7 Å². The van der Waals surface area contributed by atoms with Gasteiger partial charge in [0.25, 0.3) is 0 Å². The molecule has 1 aliphatic rings. The van der Waals surface area contributed by atoms with E-state index in [2.05, 4.69) is 152 Å². The Morgan fingerprint density at radius 2 is 1.00 bits per heavy atom. The molecule has 0 saturated carbocycles. The van der Waals surface area contributed by atoms with Crippen LogP contribution in [-0.4, -0.2) is 0 Å². The van der Waals surface area contributed by atoms with E-state index in [0.29, 0.717) is 0 Å². The van der Waals surface area contributed by atoms with Crippen molar-refractivity contribution in [2.24, 2.45) is 0 Å². The first-order valence-electron chi connectivity index (χ1n) is 18.8. The second kappa shape index (κ2) is 11.0. The molecule has 8 aromatic carbocycles. The molecule has 260 valence electrons. The maximum absolute atomic E-state index is 6.72. The number of benzene rings is 8. The monoisotopic (exact) mass is 707 g/mol. The Morgan fingerprint density at radius 3 is 1.82 bits per heavy atom. The molecule has 0 radical (unpaired) electrons. The summed E-state index contributed by atoms with van der Waals surface area (Å²) < 4.78 is 19.8. The lowest BCUT2D eigenvalue weighted by Gasteiger charge is -2.28. The highest BCUT2D eigenvalue weighted by Crippen LogP contribution is 2.52. The molecule has 4 nitrogen and oxygen atoms in total. The van der Waals surface area contributed by atoms with E-state index in [4.69, 9.17) is 13.3 Å². The summed E-state index contributed by atoms with van der Waals surface area (Å²) in [5.74, 6) is 0. The Morgan fingerprint density at radius 1 is 0.400 bits per heavy atom. The van der Waals surface area contributed by atoms with Crippen LogP contribution < -0.4 is 4.90 Å². The van der Waals surface area contributed by atoms with Gasteiger partial charge in [0, 0.05) is 49.1 Å². The summed E-state index contributed by atoms with van der Waals surface area (Å²) in [4.78, 5) is 2.37. The predicted octanol–water partition coefficient (Wildman–Crippen LogP) is 14.8. The van der Waals surface area contributed by atoms with E-state index in [-0.39, 0.29) is 5.41 Å². The third-order valence-electron chi connectivity index (χ3n) is 11.9. The van der Waals surface area contributed by atoms with Gasteiger partial charge in [-0.15, -0.1) is 0 Å². The molecule has 0 saturated heterocycles. The van der Waals surface area contributed by atoms with Crippen LogP contribution in [0, 0.1) is 0 Å². The van der Waals surface area contributed by atoms with E-state index < -0.39 is 0 Å². The van der Waals surface area contributed by atoms with Gasteiger partial charge >= 0.3 is 0 Å². The molecule has 0 bridgehead atoms. The third kappa shape index (κ3) is 4.22. The highest BCUT2D eigenvalue weighted by molar-refractivity contribution is 6.24. The minimum absolute atomic E-state index is 0.155. The predicted molar refractivity (Wildman–Crippen MR) is 226 cm³/mol. The smallest absolute Gasteiger partial charge is 0.179 e. The molecule has 11 aromatic rings. The van der Waals surface area contributed by atoms with Gasteiger partial charge in [0.2, 0.25) is 0 Å². The Hall–Kier alpha value is -7.04. The number of fused-ring (bicyclic) bond motifs is 13. The number of anilines is 3. The standard InChI is InChI=1S/C51H33NO3/c1-51(2)41-20-7-3-15-33(41)34-26-25-32(28-42(34)51)52(43-21-12-19-37-35-16-4-8-22-44(35)53-48(37)43)31-14-11-13-30(27-31)39-29-40-36-17-5-9-23-45(36)54-49(40)50-47(39)38-18-6-10-24-46(38)55-50/h3-29H,1-2H3. The van der Waals surface area contributed by atoms with E-state index in [1.54, 1.807) is 0 Å². The number of hydrogen-bond donors (Lipinski definition) is 0. The van der Waals surface area contributed by atoms with Gasteiger partial charge in [-0.1, -0.05) is 123 Å². The lowest BCUT2D eigenvalue weighted by molar-refractivity contribution is 0.633. The average Bonchev–Trinajstić information content (AvgIpc) is 3.97. The molecule has 12 rings (SSSR count). The van der Waals surface area contributed by atoms with Gasteiger partial charge in [-0.2, -0.15) is 0 Å². The number of nitrogens with zero attached hydrogens (tertiary/aromatic N) is 1. The van der Waals surface area contributed by atoms with Gasteiger partial charge in [0.1, 0.15) is 16.7 Å². The number of furan rings is 3. The molecule has 55 heavy (non-hydrogen) atoms. The van der Waals surface area contributed by atoms with Crippen molar-refractivity contribution >= 4 is 82.9 Å². The van der Waals surface area contributed by atoms with Gasteiger partial charge < -0.3 is 18.2 Å². The molecule has 4 heteroatoms. The minimum atomic E-state index is -0.155. The van der Waals surface area contributed by atoms with Crippen LogP contribution in [-0.2, 0) is 5.41 Å². The molecule has 3 heterocycles. The fourth-order valence-electron chi connectivity index (χ4n) is 9.27. The largest absolute Gasteiger partial charge is 0.454 e. The summed E-state index contributed by atoms with van der Waals surface area (Å²) in [6, 6.07) is 58.2. The fraction of sp³-hybridized carbons (Fsp3) is 0.0588. The normalized spacial score (nSPS) is 13.4. The lowest BCUT2D eigenvalue weighted by atomic mass is 9.82. The zero-order valence-corrected chi connectivity index (χ0v) is 30.3. The number of para-hydroxylation sites is 4. The molecule has 0 spiro atoms. The van der Waals surface area contributed by atoms with Crippen LogP contribution in [0.15, 0.2) is 177 Å². The highest BCUT2D eigenvalue weighted by atomic mass is 16.4. The zero-order chi connectivity index (χ0) is 36.4. The first-order chi connectivity index (χ1) is 27.0. The maximum Gasteiger partial charge on any atom is 0.179 e. The van der Waals surface area contributed by atoms with Gasteiger partial charge in [-0.05, 0) is 88.0 Å². The summed E-state index contributed by atoms with van der Waals surface area (Å²) in [7, 11) is 0. The average molecular weight is 708 g/mol. The van der Waals surface area contributed by atoms with E-state index in [9.17, 15) is 0 Å². The molecule has 1 aliphatic carbocycles. The van der Waals surface area contributed by atoms with Gasteiger partial charge in [0.15, 0.2) is 16.7 Å². The molecule has 0 fully saturated rings. The second-order valence-electron chi connectivity index (χ2n) is 15.2. The van der Waals surface area contributed by atoms with E-state index >= 15 is 0 Å². The number of hydrogen-bond acceptors (Lipinski definition) is 4. The van der Waals surface area contributed by atoms with Crippen molar-refractivity contribution in [1.29, 1.82) is 0 Å². The summed E-state index contributed by atoms with van der Waals surface area (Å²) in [5, 5.41) is 6.40. The van der Waals surface area contributed by atoms with Crippen LogP contribution in [0.3, 0.4) is 0 Å². The van der Waals surface area contributed by atoms with E-state index in [0.717, 1.165) is 94.0 Å². The van der Waals surface area contributed by atoms with Crippen LogP contribution in [0.5, 0.6) is 0 Å². The first-order valence-corrected chi connectivity index (χ1v) is 18.8. The van der Waals surface area contributed by atoms with Crippen LogP contribution >= 0.6 is 0 Å². The van der Waals surface area contributed by atoms with Crippen molar-refractivity contribution in [2.75, 3.05) is 4.90 Å². The Labute approximate surface area is 316 Å². The second-order valence-corrected chi connectivity index (χ2v) is 15.2. The minimum Gasteiger partial charge on any atom is -0.454 e. The maximum atomic E-state index is 6.72. The molecule has 0 amide bonds. The van der Waals surface area contributed by atoms with Crippen molar-refractivity contribution < 1.29 is 13.3 Å². The summed E-state index contributed by atoms with van der Waals surface area (Å²) >= 11 is 0. The fourth-order valence-corrected chi connectivity index (χ4v) is 9.27. The molecule has 3 aromatic heterocycles. The van der Waals surface area contributed by atoms with Crippen LogP contribution in [0.2, 0.25) is 0 Å². The summed E-state index contributed by atoms with van der Waals surface area (Å²) in [6.07, 6.45) is 0. The van der Waals surface area contributed by atoms with Crippen LogP contribution in [0.4, 0.5) is 17.1 Å². The summed E-state index contributed by atoms with van der Waals surface area (Å²) in [5.41, 5.74) is 15.3. The van der Waals surface area contributed by atoms with E-state index in [1.807, 2.05) is 30.3 Å². The Kier molecular flexibility index (Phi) is 6.09. The van der Waals surface area contributed by atoms with Crippen molar-refractivity contribution in [3.8, 4) is 22.3 Å². The zero-order valence-electron chi connectivity index (χ0n) is 30.3. The molecular formula is C51H33NO3. The first kappa shape index (κ1) is 30.4. The lowest BCUT2D eigenvalue weighted by Crippen LogP contribution is -2.16. The van der Waals surface area contributed by atoms with Crippen molar-refractivity contribution in [3.63, 3.8) is 0 Å². The third-order valence-corrected chi connectivity index (χ3v) is 11.9. The Balaban J connectivity index is 1.13. The number of rotatable bonds is 4. The molecular weight excluding hydrogens is 675 g/mol. The summed E-state index contributed by atoms with van der Waals surface area (Å²) in [6.45, 7) is 4.67. The van der Waals surface area contributed by atoms with Crippen molar-refractivity contribution in [3.05, 3.63) is 175 Å². The van der Waals surface area contributed by atoms with Crippen LogP contribution in [0.25, 0.3) is 88.1 Å². The molecule has 0 atom stereocenters. The van der Waals surface area contributed by atoms with Crippen molar-refractivity contribution in [1.82, 2.24) is 0 Å². The van der Waals surface area contributed by atoms with Gasteiger partial charge in [-0.3, -0.25) is 0 Å². The van der Waals surface area contributed by atoms with E-state index in [1.165, 1.54) is 22.3 Å². The Bertz CT molecular complexity index is 3370. The van der Waals surface area contributed by atoms with Gasteiger partial charge in [0.05, 0.1) is 5.69 Å². The van der Waals surface area contributed by atoms with Crippen molar-refractivity contribution in [2.45, 2.75) is 19.3 Å². The molecule has 0 aliphatic heterocycles. The highest BCUT2D eigenvalue weighted by Gasteiger charge is 2.36. The van der Waals surface area contributed by atoms with Gasteiger partial charge in [-0.25, -0.2) is 0 Å². The SMILES string of the molecule is CC1(C)c2ccccc2-c2ccc(N(c3cccc(-c4cc5c6ccccc6oc5c5oc6ccccc6c45)c3)c3cccc4c3oc3ccccc34)cc21. The van der Waals surface area contributed by atoms with Crippen LogP contribution in [0.1, 0.15) is 25.0 Å².